The van der Waals surface area contributed by atoms with Gasteiger partial charge in [0.25, 0.3) is 0 Å². The molecule has 5 rings (SSSR count). The van der Waals surface area contributed by atoms with E-state index in [1.165, 1.54) is 0 Å². The lowest BCUT2D eigenvalue weighted by Gasteiger charge is -2.13. The number of rotatable bonds is 8. The lowest BCUT2D eigenvalue weighted by molar-refractivity contribution is 0.289. The van der Waals surface area contributed by atoms with Crippen molar-refractivity contribution in [2.75, 3.05) is 0 Å². The topological polar surface area (TPSA) is 31.4 Å². The van der Waals surface area contributed by atoms with Gasteiger partial charge < -0.3 is 9.47 Å². The van der Waals surface area contributed by atoms with E-state index < -0.39 is 0 Å². The van der Waals surface area contributed by atoms with Gasteiger partial charge in [0.05, 0.1) is 11.2 Å². The lowest BCUT2D eigenvalue weighted by Crippen LogP contribution is -1.99. The maximum Gasteiger partial charge on any atom is 0.130 e. The first kappa shape index (κ1) is 21.5. The van der Waals surface area contributed by atoms with E-state index in [-0.39, 0.29) is 0 Å². The van der Waals surface area contributed by atoms with Gasteiger partial charge in [-0.25, -0.2) is 4.98 Å². The van der Waals surface area contributed by atoms with Gasteiger partial charge in [-0.15, -0.1) is 0 Å². The summed E-state index contributed by atoms with van der Waals surface area (Å²) < 4.78 is 12.3. The predicted octanol–water partition coefficient (Wildman–Crippen LogP) is 7.56. The Morgan fingerprint density at radius 1 is 0.588 bits per heavy atom. The third-order valence-corrected chi connectivity index (χ3v) is 5.52. The molecule has 5 aromatic rings. The molecule has 0 atom stereocenters. The molecule has 4 aromatic carbocycles. The van der Waals surface area contributed by atoms with Crippen LogP contribution in [-0.4, -0.2) is 4.98 Å². The molecule has 1 aromatic heterocycles. The van der Waals surface area contributed by atoms with Crippen LogP contribution in [0.4, 0.5) is 0 Å². The molecular weight excluding hydrogens is 418 g/mol. The molecular formula is C31H25NO2. The average Bonchev–Trinajstić information content (AvgIpc) is 2.91. The summed E-state index contributed by atoms with van der Waals surface area (Å²) in [6, 6.07) is 38.5. The minimum absolute atomic E-state index is 0.484. The van der Waals surface area contributed by atoms with E-state index >= 15 is 0 Å². The van der Waals surface area contributed by atoms with Gasteiger partial charge in [0.15, 0.2) is 0 Å². The largest absolute Gasteiger partial charge is 0.489 e. The molecule has 0 aliphatic rings. The van der Waals surface area contributed by atoms with Crippen molar-refractivity contribution in [2.24, 2.45) is 0 Å². The van der Waals surface area contributed by atoms with Crippen LogP contribution in [0.25, 0.3) is 23.1 Å². The molecule has 0 aliphatic heterocycles. The van der Waals surface area contributed by atoms with E-state index in [1.807, 2.05) is 91.0 Å². The number of pyridine rings is 1. The zero-order valence-electron chi connectivity index (χ0n) is 18.8. The number of benzene rings is 4. The number of hydrogen-bond donors (Lipinski definition) is 0. The van der Waals surface area contributed by atoms with Crippen LogP contribution < -0.4 is 9.47 Å². The van der Waals surface area contributed by atoms with Crippen molar-refractivity contribution in [1.29, 1.82) is 0 Å². The summed E-state index contributed by atoms with van der Waals surface area (Å²) in [7, 11) is 0. The highest BCUT2D eigenvalue weighted by Gasteiger charge is 2.06. The van der Waals surface area contributed by atoms with Gasteiger partial charge in [0.1, 0.15) is 24.7 Å². The van der Waals surface area contributed by atoms with Crippen molar-refractivity contribution in [2.45, 2.75) is 13.2 Å². The lowest BCUT2D eigenvalue weighted by atomic mass is 10.1. The maximum absolute atomic E-state index is 6.22. The van der Waals surface area contributed by atoms with Crippen molar-refractivity contribution in [3.05, 3.63) is 138 Å². The van der Waals surface area contributed by atoms with Crippen molar-refractivity contribution in [3.63, 3.8) is 0 Å². The SMILES string of the molecule is C(=C\c1ccc(OCc2ccccc2)cc1OCc1ccccc1)/c1ccc2ccccc2n1. The Bertz CT molecular complexity index is 1400. The summed E-state index contributed by atoms with van der Waals surface area (Å²) in [5, 5.41) is 1.13. The monoisotopic (exact) mass is 443 g/mol. The Hall–Kier alpha value is -4.37. The third kappa shape index (κ3) is 5.51. The molecule has 0 aliphatic carbocycles. The zero-order valence-corrected chi connectivity index (χ0v) is 18.8. The Balaban J connectivity index is 1.38. The van der Waals surface area contributed by atoms with Crippen LogP contribution in [-0.2, 0) is 13.2 Å². The molecule has 0 N–H and O–H groups in total. The molecule has 0 radical (unpaired) electrons. The number of aromatic nitrogens is 1. The van der Waals surface area contributed by atoms with Crippen LogP contribution in [0.15, 0.2) is 115 Å². The molecule has 3 heteroatoms. The van der Waals surface area contributed by atoms with E-state index in [0.29, 0.717) is 13.2 Å². The highest BCUT2D eigenvalue weighted by atomic mass is 16.5. The van der Waals surface area contributed by atoms with E-state index in [2.05, 4.69) is 36.4 Å². The van der Waals surface area contributed by atoms with E-state index in [9.17, 15) is 0 Å². The van der Waals surface area contributed by atoms with Gasteiger partial charge in [-0.2, -0.15) is 0 Å². The molecule has 0 fully saturated rings. The fourth-order valence-electron chi connectivity index (χ4n) is 3.69. The van der Waals surface area contributed by atoms with E-state index in [4.69, 9.17) is 14.5 Å². The Labute approximate surface area is 200 Å². The Morgan fingerprint density at radius 2 is 1.26 bits per heavy atom. The standard InChI is InChI=1S/C31H25NO2/c1-3-9-24(10-4-1)22-33-29-20-17-27(31(21-29)34-23-25-11-5-2-6-12-25)16-19-28-18-15-26-13-7-8-14-30(26)32-28/h1-21H,22-23H2/b19-16+. The molecule has 1 heterocycles. The highest BCUT2D eigenvalue weighted by Crippen LogP contribution is 2.28. The van der Waals surface area contributed by atoms with Crippen molar-refractivity contribution >= 4 is 23.1 Å². The van der Waals surface area contributed by atoms with Crippen LogP contribution in [0.3, 0.4) is 0 Å². The van der Waals surface area contributed by atoms with Crippen LogP contribution in [0.1, 0.15) is 22.4 Å². The van der Waals surface area contributed by atoms with Crippen LogP contribution in [0.5, 0.6) is 11.5 Å². The fourth-order valence-corrected chi connectivity index (χ4v) is 3.69. The minimum Gasteiger partial charge on any atom is -0.489 e. The van der Waals surface area contributed by atoms with Gasteiger partial charge in [0, 0.05) is 17.0 Å². The minimum atomic E-state index is 0.484. The molecule has 0 unspecified atom stereocenters. The van der Waals surface area contributed by atoms with Gasteiger partial charge in [0.2, 0.25) is 0 Å². The molecule has 0 bridgehead atoms. The van der Waals surface area contributed by atoms with Crippen LogP contribution >= 0.6 is 0 Å². The normalized spacial score (nSPS) is 11.1. The number of fused-ring (bicyclic) bond motifs is 1. The second kappa shape index (κ2) is 10.5. The summed E-state index contributed by atoms with van der Waals surface area (Å²) in [5.41, 5.74) is 5.09. The fraction of sp³-hybridized carbons (Fsp3) is 0.0645. The van der Waals surface area contributed by atoms with Gasteiger partial charge >= 0.3 is 0 Å². The van der Waals surface area contributed by atoms with E-state index in [1.54, 1.807) is 0 Å². The van der Waals surface area contributed by atoms with Gasteiger partial charge in [-0.05, 0) is 47.5 Å². The van der Waals surface area contributed by atoms with Crippen molar-refractivity contribution in [1.82, 2.24) is 4.98 Å². The van der Waals surface area contributed by atoms with Gasteiger partial charge in [-0.1, -0.05) is 84.9 Å². The summed E-state index contributed by atoms with van der Waals surface area (Å²) in [5.74, 6) is 1.54. The Morgan fingerprint density at radius 3 is 2.03 bits per heavy atom. The molecule has 0 saturated carbocycles. The second-order valence-electron chi connectivity index (χ2n) is 8.01. The van der Waals surface area contributed by atoms with E-state index in [0.717, 1.165) is 44.8 Å². The molecule has 0 saturated heterocycles. The highest BCUT2D eigenvalue weighted by molar-refractivity contribution is 5.81. The molecule has 3 nitrogen and oxygen atoms in total. The molecule has 34 heavy (non-hydrogen) atoms. The first-order chi connectivity index (χ1) is 16.8. The molecule has 0 spiro atoms. The van der Waals surface area contributed by atoms with Crippen molar-refractivity contribution < 1.29 is 9.47 Å². The first-order valence-electron chi connectivity index (χ1n) is 11.3. The second-order valence-corrected chi connectivity index (χ2v) is 8.01. The summed E-state index contributed by atoms with van der Waals surface area (Å²) in [6.07, 6.45) is 4.06. The number of nitrogens with zero attached hydrogens (tertiary/aromatic N) is 1. The smallest absolute Gasteiger partial charge is 0.130 e. The quantitative estimate of drug-likeness (QED) is 0.248. The molecule has 166 valence electrons. The number of hydrogen-bond acceptors (Lipinski definition) is 3. The zero-order chi connectivity index (χ0) is 23.0. The third-order valence-electron chi connectivity index (χ3n) is 5.52. The summed E-state index contributed by atoms with van der Waals surface area (Å²) >= 11 is 0. The van der Waals surface area contributed by atoms with Crippen LogP contribution in [0.2, 0.25) is 0 Å². The van der Waals surface area contributed by atoms with Gasteiger partial charge in [-0.3, -0.25) is 0 Å². The first-order valence-corrected chi connectivity index (χ1v) is 11.3. The summed E-state index contributed by atoms with van der Waals surface area (Å²) in [6.45, 7) is 0.993. The number of para-hydroxylation sites is 1. The predicted molar refractivity (Wildman–Crippen MR) is 139 cm³/mol. The Kier molecular flexibility index (Phi) is 6.63. The summed E-state index contributed by atoms with van der Waals surface area (Å²) in [4.78, 5) is 4.74. The maximum atomic E-state index is 6.22. The van der Waals surface area contributed by atoms with Crippen molar-refractivity contribution in [3.8, 4) is 11.5 Å². The average molecular weight is 444 g/mol. The van der Waals surface area contributed by atoms with Crippen LogP contribution in [0, 0.1) is 0 Å². The number of ether oxygens (including phenoxy) is 2. The molecule has 0 amide bonds.